The van der Waals surface area contributed by atoms with E-state index in [1.165, 1.54) is 16.3 Å². The average Bonchev–Trinajstić information content (AvgIpc) is 3.59. The summed E-state index contributed by atoms with van der Waals surface area (Å²) in [5, 5.41) is 6.83. The third-order valence-electron chi connectivity index (χ3n) is 9.75. The summed E-state index contributed by atoms with van der Waals surface area (Å²) in [4.78, 5) is 15.3. The lowest BCUT2D eigenvalue weighted by atomic mass is 9.97. The second kappa shape index (κ2) is 11.9. The molecule has 2 aromatic heterocycles. The van der Waals surface area contributed by atoms with E-state index in [1.54, 1.807) is 0 Å². The van der Waals surface area contributed by atoms with Crippen LogP contribution in [-0.4, -0.2) is 15.0 Å². The van der Waals surface area contributed by atoms with Crippen molar-refractivity contribution in [3.63, 3.8) is 0 Å². The van der Waals surface area contributed by atoms with Crippen molar-refractivity contribution >= 4 is 43.5 Å². The summed E-state index contributed by atoms with van der Waals surface area (Å²) in [6, 6.07) is 61.0. The molecule has 0 aliphatic carbocycles. The van der Waals surface area contributed by atoms with E-state index in [1.807, 2.05) is 18.2 Å². The maximum atomic E-state index is 6.48. The molecule has 0 saturated carbocycles. The molecule has 4 heteroatoms. The summed E-state index contributed by atoms with van der Waals surface area (Å²) in [6.45, 7) is 0. The molecule has 0 amide bonds. The van der Waals surface area contributed by atoms with Gasteiger partial charge in [0.05, 0.1) is 0 Å². The second-order valence-electron chi connectivity index (χ2n) is 12.8. The fourth-order valence-corrected chi connectivity index (χ4v) is 7.27. The van der Waals surface area contributed by atoms with E-state index in [4.69, 9.17) is 19.4 Å². The Morgan fingerprint density at radius 3 is 1.61 bits per heavy atom. The number of aromatic nitrogens is 3. The van der Waals surface area contributed by atoms with Crippen molar-refractivity contribution in [2.75, 3.05) is 0 Å². The van der Waals surface area contributed by atoms with Crippen molar-refractivity contribution in [1.29, 1.82) is 0 Å². The zero-order valence-electron chi connectivity index (χ0n) is 27.5. The van der Waals surface area contributed by atoms with Crippen molar-refractivity contribution in [2.24, 2.45) is 0 Å². The third kappa shape index (κ3) is 5.04. The van der Waals surface area contributed by atoms with Crippen LogP contribution in [0.15, 0.2) is 180 Å². The van der Waals surface area contributed by atoms with Crippen molar-refractivity contribution in [1.82, 2.24) is 15.0 Å². The highest BCUT2D eigenvalue weighted by molar-refractivity contribution is 6.13. The zero-order valence-corrected chi connectivity index (χ0v) is 27.5. The number of rotatable bonds is 5. The molecule has 0 spiro atoms. The Morgan fingerprint density at radius 1 is 0.314 bits per heavy atom. The summed E-state index contributed by atoms with van der Waals surface area (Å²) in [5.74, 6) is 1.83. The van der Waals surface area contributed by atoms with Crippen molar-refractivity contribution in [2.45, 2.75) is 0 Å². The van der Waals surface area contributed by atoms with Crippen LogP contribution >= 0.6 is 0 Å². The van der Waals surface area contributed by atoms with Crippen LogP contribution in [0.1, 0.15) is 0 Å². The van der Waals surface area contributed by atoms with Gasteiger partial charge in [-0.05, 0) is 62.0 Å². The molecule has 0 N–H and O–H groups in total. The molecule has 0 saturated heterocycles. The quantitative estimate of drug-likeness (QED) is 0.186. The van der Waals surface area contributed by atoms with Gasteiger partial charge in [-0.2, -0.15) is 0 Å². The minimum atomic E-state index is 0.590. The summed E-state index contributed by atoms with van der Waals surface area (Å²) in [6.07, 6.45) is 0. The Hall–Kier alpha value is -6.91. The summed E-state index contributed by atoms with van der Waals surface area (Å²) < 4.78 is 6.48. The van der Waals surface area contributed by atoms with Gasteiger partial charge in [-0.15, -0.1) is 0 Å². The van der Waals surface area contributed by atoms with E-state index >= 15 is 0 Å². The van der Waals surface area contributed by atoms with Crippen LogP contribution in [0.2, 0.25) is 0 Å². The van der Waals surface area contributed by atoms with Crippen molar-refractivity contribution in [3.05, 3.63) is 176 Å². The zero-order chi connectivity index (χ0) is 33.7. The van der Waals surface area contributed by atoms with Gasteiger partial charge in [-0.25, -0.2) is 15.0 Å². The molecule has 0 aliphatic rings. The molecule has 0 unspecified atom stereocenters. The van der Waals surface area contributed by atoms with E-state index < -0.39 is 0 Å². The van der Waals surface area contributed by atoms with Gasteiger partial charge < -0.3 is 4.42 Å². The number of benzene rings is 8. The van der Waals surface area contributed by atoms with Crippen molar-refractivity contribution < 1.29 is 4.42 Å². The summed E-state index contributed by atoms with van der Waals surface area (Å²) in [7, 11) is 0. The second-order valence-corrected chi connectivity index (χ2v) is 12.8. The van der Waals surface area contributed by atoms with E-state index in [9.17, 15) is 0 Å². The molecule has 0 fully saturated rings. The van der Waals surface area contributed by atoms with Gasteiger partial charge in [0, 0.05) is 27.5 Å². The first-order chi connectivity index (χ1) is 25.3. The molecule has 0 atom stereocenters. The van der Waals surface area contributed by atoms with Gasteiger partial charge in [0.25, 0.3) is 0 Å². The van der Waals surface area contributed by atoms with Gasteiger partial charge in [0.15, 0.2) is 17.5 Å². The minimum absolute atomic E-state index is 0.590. The maximum absolute atomic E-state index is 6.48. The highest BCUT2D eigenvalue weighted by atomic mass is 16.3. The lowest BCUT2D eigenvalue weighted by molar-refractivity contribution is 0.669. The average molecular weight is 652 g/mol. The van der Waals surface area contributed by atoms with E-state index in [0.29, 0.717) is 17.5 Å². The predicted molar refractivity (Wildman–Crippen MR) is 209 cm³/mol. The van der Waals surface area contributed by atoms with E-state index in [-0.39, 0.29) is 0 Å². The number of hydrogen-bond acceptors (Lipinski definition) is 4. The summed E-state index contributed by atoms with van der Waals surface area (Å²) in [5.41, 5.74) is 9.02. The minimum Gasteiger partial charge on any atom is -0.456 e. The van der Waals surface area contributed by atoms with Gasteiger partial charge in [-0.1, -0.05) is 158 Å². The molecule has 10 rings (SSSR count). The molecule has 0 bridgehead atoms. The van der Waals surface area contributed by atoms with E-state index in [0.717, 1.165) is 66.1 Å². The molecule has 0 aliphatic heterocycles. The molecule has 8 aromatic carbocycles. The van der Waals surface area contributed by atoms with Crippen LogP contribution in [0.4, 0.5) is 0 Å². The molecular weight excluding hydrogens is 623 g/mol. The Kier molecular flexibility index (Phi) is 6.78. The maximum Gasteiger partial charge on any atom is 0.164 e. The monoisotopic (exact) mass is 651 g/mol. The number of furan rings is 1. The van der Waals surface area contributed by atoms with Crippen molar-refractivity contribution in [3.8, 4) is 56.4 Å². The van der Waals surface area contributed by atoms with Gasteiger partial charge in [0.1, 0.15) is 11.2 Å². The van der Waals surface area contributed by atoms with Crippen LogP contribution in [-0.2, 0) is 0 Å². The molecule has 4 nitrogen and oxygen atoms in total. The Morgan fingerprint density at radius 2 is 0.843 bits per heavy atom. The largest absolute Gasteiger partial charge is 0.456 e. The third-order valence-corrected chi connectivity index (χ3v) is 9.75. The SMILES string of the molecule is c1ccc(-c2cccc3oc4cc(-c5nc(-c6ccc(-c7cccc8ccccc78)cc6)nc(-c6cccc7ccccc67)n5)ccc4c23)cc1. The van der Waals surface area contributed by atoms with Crippen LogP contribution in [0.5, 0.6) is 0 Å². The van der Waals surface area contributed by atoms with E-state index in [2.05, 4.69) is 158 Å². The Bertz CT molecular complexity index is 2900. The van der Waals surface area contributed by atoms with Gasteiger partial charge >= 0.3 is 0 Å². The predicted octanol–water partition coefficient (Wildman–Crippen LogP) is 12.4. The smallest absolute Gasteiger partial charge is 0.164 e. The molecular formula is C47H29N3O. The number of fused-ring (bicyclic) bond motifs is 5. The number of hydrogen-bond donors (Lipinski definition) is 0. The fourth-order valence-electron chi connectivity index (χ4n) is 7.27. The first kappa shape index (κ1) is 29.0. The standard InChI is InChI=1S/C47H29N3O/c1-2-11-32(12-3-1)39-20-10-22-42-44(39)41-28-27-35(29-43(41)51-42)46-48-45(49-47(50-46)40-21-9-16-31-14-5-7-18-38(31)40)34-25-23-33(24-26-34)37-19-8-15-30-13-4-6-17-36(30)37/h1-29H. The molecule has 238 valence electrons. The molecule has 0 radical (unpaired) electrons. The molecule has 2 heterocycles. The highest BCUT2D eigenvalue weighted by Gasteiger charge is 2.17. The normalized spacial score (nSPS) is 11.5. The fraction of sp³-hybridized carbons (Fsp3) is 0. The lowest BCUT2D eigenvalue weighted by Crippen LogP contribution is -2.00. The Balaban J connectivity index is 1.13. The topological polar surface area (TPSA) is 51.8 Å². The van der Waals surface area contributed by atoms with Crippen LogP contribution in [0.3, 0.4) is 0 Å². The summed E-state index contributed by atoms with van der Waals surface area (Å²) >= 11 is 0. The van der Waals surface area contributed by atoms with Gasteiger partial charge in [-0.3, -0.25) is 0 Å². The van der Waals surface area contributed by atoms with Crippen LogP contribution in [0.25, 0.3) is 99.9 Å². The van der Waals surface area contributed by atoms with Crippen LogP contribution in [0, 0.1) is 0 Å². The molecule has 51 heavy (non-hydrogen) atoms. The van der Waals surface area contributed by atoms with Crippen LogP contribution < -0.4 is 0 Å². The Labute approximate surface area is 294 Å². The lowest BCUT2D eigenvalue weighted by Gasteiger charge is -2.11. The highest BCUT2D eigenvalue weighted by Crippen LogP contribution is 2.39. The first-order valence-corrected chi connectivity index (χ1v) is 17.1. The number of nitrogens with zero attached hydrogens (tertiary/aromatic N) is 3. The first-order valence-electron chi connectivity index (χ1n) is 17.1. The molecule has 10 aromatic rings. The van der Waals surface area contributed by atoms with Gasteiger partial charge in [0.2, 0.25) is 0 Å².